The number of hydrogen-bond acceptors (Lipinski definition) is 3. The molecule has 1 aliphatic heterocycles. The number of thioether (sulfide) groups is 1. The molecule has 1 aliphatic rings. The molecule has 2 aromatic carbocycles. The van der Waals surface area contributed by atoms with Crippen LogP contribution in [0.3, 0.4) is 0 Å². The molecule has 25 heavy (non-hydrogen) atoms. The predicted molar refractivity (Wildman–Crippen MR) is 108 cm³/mol. The fourth-order valence-corrected chi connectivity index (χ4v) is 3.61. The van der Waals surface area contributed by atoms with Crippen LogP contribution >= 0.6 is 24.2 Å². The minimum atomic E-state index is -0.00375. The molecule has 0 saturated carbocycles. The number of rotatable bonds is 6. The molecular formula is C20H25ClN2OS. The number of hydrogen-bond donors (Lipinski definition) is 2. The van der Waals surface area contributed by atoms with E-state index >= 15 is 0 Å². The summed E-state index contributed by atoms with van der Waals surface area (Å²) in [5.41, 5.74) is 3.13. The van der Waals surface area contributed by atoms with Crippen molar-refractivity contribution in [1.82, 2.24) is 10.6 Å². The van der Waals surface area contributed by atoms with Crippen LogP contribution in [0.15, 0.2) is 53.4 Å². The van der Waals surface area contributed by atoms with Gasteiger partial charge in [0, 0.05) is 17.0 Å². The molecule has 0 aliphatic carbocycles. The van der Waals surface area contributed by atoms with Crippen molar-refractivity contribution < 1.29 is 4.79 Å². The number of amides is 1. The zero-order valence-electron chi connectivity index (χ0n) is 14.5. The highest BCUT2D eigenvalue weighted by Gasteiger charge is 2.15. The van der Waals surface area contributed by atoms with Crippen LogP contribution in [0.4, 0.5) is 0 Å². The molecule has 3 rings (SSSR count). The molecule has 1 amide bonds. The lowest BCUT2D eigenvalue weighted by atomic mass is 9.97. The van der Waals surface area contributed by atoms with Gasteiger partial charge in [0.05, 0.1) is 0 Å². The molecule has 5 heteroatoms. The fraction of sp³-hybridized carbons (Fsp3) is 0.350. The number of halogens is 1. The minimum Gasteiger partial charge on any atom is -0.348 e. The predicted octanol–water partition coefficient (Wildman–Crippen LogP) is 3.91. The Morgan fingerprint density at radius 1 is 1.20 bits per heavy atom. The number of nitrogens with one attached hydrogen (secondary N) is 2. The smallest absolute Gasteiger partial charge is 0.251 e. The highest BCUT2D eigenvalue weighted by atomic mass is 35.5. The van der Waals surface area contributed by atoms with Gasteiger partial charge < -0.3 is 10.6 Å². The summed E-state index contributed by atoms with van der Waals surface area (Å²) in [5, 5.41) is 6.42. The summed E-state index contributed by atoms with van der Waals surface area (Å²) in [4.78, 5) is 13.6. The first-order valence-corrected chi connectivity index (χ1v) is 9.68. The summed E-state index contributed by atoms with van der Waals surface area (Å²) in [5.74, 6) is 0.688. The summed E-state index contributed by atoms with van der Waals surface area (Å²) in [6, 6.07) is 16.3. The Morgan fingerprint density at radius 3 is 2.76 bits per heavy atom. The maximum absolute atomic E-state index is 12.4. The second-order valence-electron chi connectivity index (χ2n) is 6.30. The average molecular weight is 377 g/mol. The highest BCUT2D eigenvalue weighted by Crippen LogP contribution is 2.17. The zero-order chi connectivity index (χ0) is 16.8. The third-order valence-corrected chi connectivity index (χ3v) is 5.19. The topological polar surface area (TPSA) is 41.1 Å². The van der Waals surface area contributed by atoms with E-state index in [9.17, 15) is 4.79 Å². The van der Waals surface area contributed by atoms with Gasteiger partial charge in [0.15, 0.2) is 0 Å². The van der Waals surface area contributed by atoms with E-state index in [2.05, 4.69) is 35.1 Å². The quantitative estimate of drug-likeness (QED) is 0.751. The number of benzene rings is 2. The first kappa shape index (κ1) is 19.8. The third-order valence-electron chi connectivity index (χ3n) is 4.46. The summed E-state index contributed by atoms with van der Waals surface area (Å²) in [6.07, 6.45) is 4.33. The van der Waals surface area contributed by atoms with E-state index in [0.717, 1.165) is 30.6 Å². The van der Waals surface area contributed by atoms with Crippen LogP contribution < -0.4 is 10.6 Å². The highest BCUT2D eigenvalue weighted by molar-refractivity contribution is 7.98. The maximum atomic E-state index is 12.4. The lowest BCUT2D eigenvalue weighted by molar-refractivity contribution is 0.0950. The average Bonchev–Trinajstić information content (AvgIpc) is 3.13. The van der Waals surface area contributed by atoms with E-state index in [1.165, 1.54) is 16.9 Å². The Hall–Kier alpha value is -1.49. The molecule has 1 unspecified atom stereocenters. The van der Waals surface area contributed by atoms with Gasteiger partial charge in [-0.2, -0.15) is 0 Å². The molecule has 2 aromatic rings. The van der Waals surface area contributed by atoms with Gasteiger partial charge in [-0.15, -0.1) is 24.2 Å². The maximum Gasteiger partial charge on any atom is 0.251 e. The molecule has 0 bridgehead atoms. The van der Waals surface area contributed by atoms with Gasteiger partial charge >= 0.3 is 0 Å². The van der Waals surface area contributed by atoms with Crippen molar-refractivity contribution in [3.63, 3.8) is 0 Å². The SMILES string of the molecule is CSc1cccc(CNC(=O)c2cccc(CC3CCNC3)c2)c1.Cl. The Balaban J connectivity index is 0.00000225. The monoisotopic (exact) mass is 376 g/mol. The molecule has 1 atom stereocenters. The summed E-state index contributed by atoms with van der Waals surface area (Å²) in [7, 11) is 0. The van der Waals surface area contributed by atoms with Crippen LogP contribution in [-0.2, 0) is 13.0 Å². The molecular weight excluding hydrogens is 352 g/mol. The normalized spacial score (nSPS) is 16.3. The van der Waals surface area contributed by atoms with Crippen LogP contribution in [0.5, 0.6) is 0 Å². The van der Waals surface area contributed by atoms with Crippen molar-refractivity contribution in [1.29, 1.82) is 0 Å². The van der Waals surface area contributed by atoms with Gasteiger partial charge in [-0.05, 0) is 73.5 Å². The van der Waals surface area contributed by atoms with E-state index in [1.54, 1.807) is 11.8 Å². The van der Waals surface area contributed by atoms with E-state index < -0.39 is 0 Å². The lowest BCUT2D eigenvalue weighted by Crippen LogP contribution is -2.23. The summed E-state index contributed by atoms with van der Waals surface area (Å²) < 4.78 is 0. The molecule has 0 aromatic heterocycles. The van der Waals surface area contributed by atoms with Gasteiger partial charge in [-0.1, -0.05) is 24.3 Å². The van der Waals surface area contributed by atoms with E-state index in [-0.39, 0.29) is 18.3 Å². The van der Waals surface area contributed by atoms with Crippen LogP contribution in [-0.4, -0.2) is 25.3 Å². The first-order chi connectivity index (χ1) is 11.7. The van der Waals surface area contributed by atoms with Gasteiger partial charge in [0.2, 0.25) is 0 Å². The van der Waals surface area contributed by atoms with Crippen LogP contribution in [0.2, 0.25) is 0 Å². The van der Waals surface area contributed by atoms with Gasteiger partial charge in [0.25, 0.3) is 5.91 Å². The van der Waals surface area contributed by atoms with E-state index in [1.807, 2.05) is 30.3 Å². The summed E-state index contributed by atoms with van der Waals surface area (Å²) in [6.45, 7) is 2.76. The molecule has 2 N–H and O–H groups in total. The first-order valence-electron chi connectivity index (χ1n) is 8.45. The largest absolute Gasteiger partial charge is 0.348 e. The second-order valence-corrected chi connectivity index (χ2v) is 7.18. The number of carbonyl (C=O) groups excluding carboxylic acids is 1. The molecule has 1 heterocycles. The van der Waals surface area contributed by atoms with Crippen molar-refractivity contribution in [2.45, 2.75) is 24.3 Å². The lowest BCUT2D eigenvalue weighted by Gasteiger charge is -2.10. The van der Waals surface area contributed by atoms with Gasteiger partial charge in [-0.3, -0.25) is 4.79 Å². The molecule has 0 radical (unpaired) electrons. The fourth-order valence-electron chi connectivity index (χ4n) is 3.13. The van der Waals surface area contributed by atoms with Crippen molar-refractivity contribution in [2.75, 3.05) is 19.3 Å². The van der Waals surface area contributed by atoms with Gasteiger partial charge in [0.1, 0.15) is 0 Å². The van der Waals surface area contributed by atoms with Crippen LogP contribution in [0.25, 0.3) is 0 Å². The molecule has 1 saturated heterocycles. The van der Waals surface area contributed by atoms with Crippen molar-refractivity contribution >= 4 is 30.1 Å². The summed E-state index contributed by atoms with van der Waals surface area (Å²) >= 11 is 1.71. The molecule has 134 valence electrons. The van der Waals surface area contributed by atoms with Crippen molar-refractivity contribution in [3.05, 3.63) is 65.2 Å². The van der Waals surface area contributed by atoms with Crippen LogP contribution in [0.1, 0.15) is 27.9 Å². The van der Waals surface area contributed by atoms with Crippen LogP contribution in [0, 0.1) is 5.92 Å². The van der Waals surface area contributed by atoms with E-state index in [0.29, 0.717) is 12.5 Å². The van der Waals surface area contributed by atoms with Crippen molar-refractivity contribution in [3.8, 4) is 0 Å². The molecule has 3 nitrogen and oxygen atoms in total. The van der Waals surface area contributed by atoms with Gasteiger partial charge in [-0.25, -0.2) is 0 Å². The number of carbonyl (C=O) groups is 1. The zero-order valence-corrected chi connectivity index (χ0v) is 16.1. The van der Waals surface area contributed by atoms with Crippen molar-refractivity contribution in [2.24, 2.45) is 5.92 Å². The third kappa shape index (κ3) is 5.77. The Labute approximate surface area is 160 Å². The standard InChI is InChI=1S/C20H24N2OS.ClH/c1-24-19-7-3-5-16(12-19)14-22-20(23)18-6-2-4-15(11-18)10-17-8-9-21-13-17;/h2-7,11-12,17,21H,8-10,13-14H2,1H3,(H,22,23);1H. The Morgan fingerprint density at radius 2 is 2.00 bits per heavy atom. The Bertz CT molecular complexity index is 702. The minimum absolute atomic E-state index is 0. The molecule has 1 fully saturated rings. The molecule has 0 spiro atoms. The second kappa shape index (κ2) is 9.85. The Kier molecular flexibility index (Phi) is 7.82. The van der Waals surface area contributed by atoms with E-state index in [4.69, 9.17) is 0 Å².